The number of carbonyl (C=O) groups is 2. The fraction of sp³-hybridized carbons (Fsp3) is 0.615. The first-order valence-corrected chi connectivity index (χ1v) is 8.94. The second-order valence-corrected chi connectivity index (χ2v) is 6.40. The van der Waals surface area contributed by atoms with E-state index >= 15 is 0 Å². The predicted octanol–water partition coefficient (Wildman–Crippen LogP) is 2.17. The number of amides is 2. The number of hydrogen-bond donors (Lipinski definition) is 2. The molecule has 0 radical (unpaired) electrons. The summed E-state index contributed by atoms with van der Waals surface area (Å²) in [6.07, 6.45) is 3.48. The highest BCUT2D eigenvalue weighted by molar-refractivity contribution is 7.98. The van der Waals surface area contributed by atoms with Crippen molar-refractivity contribution in [2.24, 2.45) is 0 Å². The van der Waals surface area contributed by atoms with Crippen LogP contribution < -0.4 is 5.32 Å². The van der Waals surface area contributed by atoms with E-state index < -0.39 is 5.97 Å². The Kier molecular flexibility index (Phi) is 7.52. The topological polar surface area (TPSA) is 82.5 Å². The van der Waals surface area contributed by atoms with Gasteiger partial charge in [-0.3, -0.25) is 0 Å². The second kappa shape index (κ2) is 8.89. The number of carboxylic acids is 1. The molecule has 21 heavy (non-hydrogen) atoms. The molecule has 0 bridgehead atoms. The monoisotopic (exact) mass is 331 g/mol. The first-order chi connectivity index (χ1) is 9.99. The molecule has 1 heterocycles. The van der Waals surface area contributed by atoms with E-state index in [2.05, 4.69) is 17.2 Å². The van der Waals surface area contributed by atoms with Gasteiger partial charge in [0.25, 0.3) is 0 Å². The zero-order valence-electron chi connectivity index (χ0n) is 12.5. The molecule has 0 saturated heterocycles. The van der Waals surface area contributed by atoms with Crippen LogP contribution in [0.5, 0.6) is 0 Å². The smallest absolute Gasteiger partial charge is 0.355 e. The molecular weight excluding hydrogens is 310 g/mol. The Morgan fingerprint density at radius 2 is 2.29 bits per heavy atom. The number of carbonyl (C=O) groups excluding carboxylic acids is 1. The quantitative estimate of drug-likeness (QED) is 0.763. The van der Waals surface area contributed by atoms with Crippen molar-refractivity contribution in [2.75, 3.05) is 25.6 Å². The van der Waals surface area contributed by atoms with Gasteiger partial charge in [0.2, 0.25) is 0 Å². The van der Waals surface area contributed by atoms with E-state index in [0.29, 0.717) is 18.0 Å². The van der Waals surface area contributed by atoms with E-state index in [0.717, 1.165) is 12.2 Å². The summed E-state index contributed by atoms with van der Waals surface area (Å²) in [5.74, 6) is -0.112. The van der Waals surface area contributed by atoms with Gasteiger partial charge in [-0.15, -0.1) is 11.3 Å². The van der Waals surface area contributed by atoms with Gasteiger partial charge in [-0.05, 0) is 12.7 Å². The molecule has 0 spiro atoms. The largest absolute Gasteiger partial charge is 0.476 e. The third-order valence-corrected chi connectivity index (χ3v) is 4.71. The maximum Gasteiger partial charge on any atom is 0.355 e. The molecule has 0 saturated carbocycles. The first kappa shape index (κ1) is 17.8. The number of nitrogens with zero attached hydrogens (tertiary/aromatic N) is 2. The SMILES string of the molecule is CCC(CSC)N(C)C(=O)NCCc1nc(C(=O)O)cs1. The van der Waals surface area contributed by atoms with Crippen LogP contribution in [0.4, 0.5) is 4.79 Å². The van der Waals surface area contributed by atoms with Crippen molar-refractivity contribution < 1.29 is 14.7 Å². The molecule has 1 aromatic rings. The van der Waals surface area contributed by atoms with Crippen molar-refractivity contribution >= 4 is 35.1 Å². The predicted molar refractivity (Wildman–Crippen MR) is 86.4 cm³/mol. The Hall–Kier alpha value is -1.28. The Morgan fingerprint density at radius 1 is 1.57 bits per heavy atom. The molecule has 118 valence electrons. The molecule has 1 atom stereocenters. The summed E-state index contributed by atoms with van der Waals surface area (Å²) < 4.78 is 0. The molecule has 0 aromatic carbocycles. The van der Waals surface area contributed by atoms with Crippen LogP contribution in [0.3, 0.4) is 0 Å². The number of carboxylic acid groups (broad SMARTS) is 1. The van der Waals surface area contributed by atoms with Gasteiger partial charge in [-0.1, -0.05) is 6.92 Å². The number of rotatable bonds is 8. The van der Waals surface area contributed by atoms with Crippen molar-refractivity contribution in [2.45, 2.75) is 25.8 Å². The molecule has 0 fully saturated rings. The Bertz CT molecular complexity index is 479. The van der Waals surface area contributed by atoms with Crippen LogP contribution in [0.15, 0.2) is 5.38 Å². The van der Waals surface area contributed by atoms with Crippen LogP contribution in [-0.2, 0) is 6.42 Å². The fourth-order valence-electron chi connectivity index (χ4n) is 1.79. The molecule has 2 N–H and O–H groups in total. The summed E-state index contributed by atoms with van der Waals surface area (Å²) in [6, 6.07) is 0.115. The molecule has 0 aliphatic rings. The van der Waals surface area contributed by atoms with Gasteiger partial charge in [0.15, 0.2) is 5.69 Å². The number of hydrogen-bond acceptors (Lipinski definition) is 5. The Balaban J connectivity index is 2.39. The number of aromatic nitrogens is 1. The Morgan fingerprint density at radius 3 is 2.81 bits per heavy atom. The van der Waals surface area contributed by atoms with Crippen LogP contribution in [0.1, 0.15) is 28.8 Å². The summed E-state index contributed by atoms with van der Waals surface area (Å²) in [5.41, 5.74) is 0.0597. The van der Waals surface area contributed by atoms with Crippen molar-refractivity contribution in [3.05, 3.63) is 16.1 Å². The highest BCUT2D eigenvalue weighted by Crippen LogP contribution is 2.11. The second-order valence-electron chi connectivity index (χ2n) is 4.54. The molecule has 0 aliphatic carbocycles. The van der Waals surface area contributed by atoms with Crippen LogP contribution in [0, 0.1) is 0 Å². The molecule has 0 aliphatic heterocycles. The average Bonchev–Trinajstić information content (AvgIpc) is 2.93. The maximum atomic E-state index is 12.0. The molecule has 2 amide bonds. The molecular formula is C13H21N3O3S2. The lowest BCUT2D eigenvalue weighted by molar-refractivity contribution is 0.0691. The Labute approximate surface area is 132 Å². The van der Waals surface area contributed by atoms with Gasteiger partial charge in [0.1, 0.15) is 0 Å². The van der Waals surface area contributed by atoms with Crippen LogP contribution in [0.2, 0.25) is 0 Å². The normalized spacial score (nSPS) is 12.0. The molecule has 1 rings (SSSR count). The molecule has 1 aromatic heterocycles. The summed E-state index contributed by atoms with van der Waals surface area (Å²) in [7, 11) is 1.80. The highest BCUT2D eigenvalue weighted by atomic mass is 32.2. The van der Waals surface area contributed by atoms with E-state index in [1.807, 2.05) is 6.26 Å². The van der Waals surface area contributed by atoms with E-state index in [4.69, 9.17) is 5.11 Å². The van der Waals surface area contributed by atoms with Gasteiger partial charge >= 0.3 is 12.0 Å². The van der Waals surface area contributed by atoms with Crippen LogP contribution >= 0.6 is 23.1 Å². The number of urea groups is 1. The lowest BCUT2D eigenvalue weighted by Crippen LogP contribution is -2.45. The minimum Gasteiger partial charge on any atom is -0.476 e. The number of thioether (sulfide) groups is 1. The van der Waals surface area contributed by atoms with E-state index in [9.17, 15) is 9.59 Å². The average molecular weight is 331 g/mol. The lowest BCUT2D eigenvalue weighted by Gasteiger charge is -2.26. The zero-order valence-corrected chi connectivity index (χ0v) is 14.1. The van der Waals surface area contributed by atoms with Crippen LogP contribution in [0.25, 0.3) is 0 Å². The van der Waals surface area contributed by atoms with Gasteiger partial charge in [-0.2, -0.15) is 11.8 Å². The molecule has 6 nitrogen and oxygen atoms in total. The van der Waals surface area contributed by atoms with E-state index in [1.54, 1.807) is 23.7 Å². The lowest BCUT2D eigenvalue weighted by atomic mass is 10.2. The van der Waals surface area contributed by atoms with Crippen molar-refractivity contribution in [1.29, 1.82) is 0 Å². The minimum absolute atomic E-state index is 0.0597. The summed E-state index contributed by atoms with van der Waals surface area (Å²) >= 11 is 3.02. The standard InChI is InChI=1S/C13H21N3O3S2/c1-4-9(7-20-3)16(2)13(19)14-6-5-11-15-10(8-21-11)12(17)18/h8-9H,4-7H2,1-3H3,(H,14,19)(H,17,18). The summed E-state index contributed by atoms with van der Waals surface area (Å²) in [6.45, 7) is 2.51. The van der Waals surface area contributed by atoms with Gasteiger partial charge in [0.05, 0.1) is 5.01 Å². The zero-order chi connectivity index (χ0) is 15.8. The minimum atomic E-state index is -1.02. The van der Waals surface area contributed by atoms with E-state index in [-0.39, 0.29) is 17.8 Å². The van der Waals surface area contributed by atoms with E-state index in [1.165, 1.54) is 16.7 Å². The third-order valence-electron chi connectivity index (χ3n) is 3.08. The number of aromatic carboxylic acids is 1. The number of thiazole rings is 1. The van der Waals surface area contributed by atoms with Crippen molar-refractivity contribution in [3.63, 3.8) is 0 Å². The highest BCUT2D eigenvalue weighted by Gasteiger charge is 2.17. The van der Waals surface area contributed by atoms with Gasteiger partial charge < -0.3 is 15.3 Å². The van der Waals surface area contributed by atoms with Crippen molar-refractivity contribution in [3.8, 4) is 0 Å². The summed E-state index contributed by atoms with van der Waals surface area (Å²) in [4.78, 5) is 28.4. The van der Waals surface area contributed by atoms with Crippen molar-refractivity contribution in [1.82, 2.24) is 15.2 Å². The first-order valence-electron chi connectivity index (χ1n) is 6.66. The maximum absolute atomic E-state index is 12.0. The molecule has 8 heteroatoms. The number of nitrogens with one attached hydrogen (secondary N) is 1. The third kappa shape index (κ3) is 5.55. The van der Waals surface area contributed by atoms with Crippen LogP contribution in [-0.4, -0.2) is 58.6 Å². The van der Waals surface area contributed by atoms with Gasteiger partial charge in [0, 0.05) is 37.2 Å². The molecule has 1 unspecified atom stereocenters. The fourth-order valence-corrected chi connectivity index (χ4v) is 3.40. The summed E-state index contributed by atoms with van der Waals surface area (Å²) in [5, 5.41) is 13.9. The van der Waals surface area contributed by atoms with Gasteiger partial charge in [-0.25, -0.2) is 14.6 Å².